The standard InChI is InChI=1S/C17H28N2O2/c1-20-14-16-7-10-19(11-8-16)9-2-12-21-17-5-3-15(13-18)4-6-17/h3-6,16H,2,7-14,18H2,1H3. The third kappa shape index (κ3) is 5.65. The number of hydrogen-bond acceptors (Lipinski definition) is 4. The van der Waals surface area contributed by atoms with E-state index in [1.807, 2.05) is 24.3 Å². The Morgan fingerprint density at radius 3 is 2.52 bits per heavy atom. The van der Waals surface area contributed by atoms with Gasteiger partial charge in [-0.2, -0.15) is 0 Å². The fourth-order valence-corrected chi connectivity index (χ4v) is 2.81. The number of benzene rings is 1. The molecule has 0 amide bonds. The summed E-state index contributed by atoms with van der Waals surface area (Å²) in [6, 6.07) is 8.04. The van der Waals surface area contributed by atoms with Gasteiger partial charge in [-0.25, -0.2) is 0 Å². The number of nitrogens with zero attached hydrogens (tertiary/aromatic N) is 1. The molecule has 1 saturated heterocycles. The number of likely N-dealkylation sites (tertiary alicyclic amines) is 1. The van der Waals surface area contributed by atoms with Crippen molar-refractivity contribution in [3.05, 3.63) is 29.8 Å². The van der Waals surface area contributed by atoms with Crippen molar-refractivity contribution in [3.8, 4) is 5.75 Å². The third-order valence-electron chi connectivity index (χ3n) is 4.16. The van der Waals surface area contributed by atoms with Gasteiger partial charge in [0.05, 0.1) is 6.61 Å². The topological polar surface area (TPSA) is 47.7 Å². The van der Waals surface area contributed by atoms with Gasteiger partial charge >= 0.3 is 0 Å². The molecule has 0 aromatic heterocycles. The van der Waals surface area contributed by atoms with Crippen LogP contribution in [0.15, 0.2) is 24.3 Å². The van der Waals surface area contributed by atoms with Crippen LogP contribution in [0.4, 0.5) is 0 Å². The zero-order valence-corrected chi connectivity index (χ0v) is 13.1. The maximum absolute atomic E-state index is 5.77. The van der Waals surface area contributed by atoms with E-state index in [2.05, 4.69) is 4.90 Å². The van der Waals surface area contributed by atoms with Crippen LogP contribution in [0.25, 0.3) is 0 Å². The lowest BCUT2D eigenvalue weighted by Gasteiger charge is -2.31. The number of piperidine rings is 1. The van der Waals surface area contributed by atoms with Crippen LogP contribution in [0, 0.1) is 5.92 Å². The Morgan fingerprint density at radius 2 is 1.90 bits per heavy atom. The molecule has 0 spiro atoms. The van der Waals surface area contributed by atoms with E-state index in [4.69, 9.17) is 15.2 Å². The summed E-state index contributed by atoms with van der Waals surface area (Å²) in [6.07, 6.45) is 3.60. The Labute approximate surface area is 128 Å². The van der Waals surface area contributed by atoms with Gasteiger partial charge in [0.1, 0.15) is 5.75 Å². The summed E-state index contributed by atoms with van der Waals surface area (Å²) in [6.45, 7) is 5.79. The molecular formula is C17H28N2O2. The Hall–Kier alpha value is -1.10. The van der Waals surface area contributed by atoms with Crippen molar-refractivity contribution in [1.29, 1.82) is 0 Å². The third-order valence-corrected chi connectivity index (χ3v) is 4.16. The number of hydrogen-bond donors (Lipinski definition) is 1. The van der Waals surface area contributed by atoms with E-state index in [0.29, 0.717) is 6.54 Å². The average Bonchev–Trinajstić information content (AvgIpc) is 2.54. The molecule has 2 rings (SSSR count). The van der Waals surface area contributed by atoms with Crippen LogP contribution in [-0.2, 0) is 11.3 Å². The molecule has 1 fully saturated rings. The van der Waals surface area contributed by atoms with Crippen LogP contribution >= 0.6 is 0 Å². The minimum absolute atomic E-state index is 0.583. The molecular weight excluding hydrogens is 264 g/mol. The van der Waals surface area contributed by atoms with E-state index < -0.39 is 0 Å². The van der Waals surface area contributed by atoms with Crippen molar-refractivity contribution >= 4 is 0 Å². The van der Waals surface area contributed by atoms with E-state index in [0.717, 1.165) is 43.4 Å². The Balaban J connectivity index is 1.57. The van der Waals surface area contributed by atoms with Crippen molar-refractivity contribution < 1.29 is 9.47 Å². The summed E-state index contributed by atoms with van der Waals surface area (Å²) in [4.78, 5) is 2.53. The Bertz CT molecular complexity index is 386. The summed E-state index contributed by atoms with van der Waals surface area (Å²) in [7, 11) is 1.80. The number of rotatable bonds is 8. The summed E-state index contributed by atoms with van der Waals surface area (Å²) in [5.41, 5.74) is 6.72. The van der Waals surface area contributed by atoms with Gasteiger partial charge < -0.3 is 20.1 Å². The molecule has 0 atom stereocenters. The van der Waals surface area contributed by atoms with Crippen molar-refractivity contribution in [3.63, 3.8) is 0 Å². The van der Waals surface area contributed by atoms with E-state index in [9.17, 15) is 0 Å². The first-order chi connectivity index (χ1) is 10.3. The molecule has 4 nitrogen and oxygen atoms in total. The monoisotopic (exact) mass is 292 g/mol. The molecule has 1 aromatic rings. The molecule has 1 aromatic carbocycles. The zero-order chi connectivity index (χ0) is 14.9. The van der Waals surface area contributed by atoms with Crippen LogP contribution in [0.3, 0.4) is 0 Å². The Morgan fingerprint density at radius 1 is 1.19 bits per heavy atom. The summed E-state index contributed by atoms with van der Waals surface area (Å²) >= 11 is 0. The molecule has 1 aliphatic rings. The highest BCUT2D eigenvalue weighted by Crippen LogP contribution is 2.17. The summed E-state index contributed by atoms with van der Waals surface area (Å²) in [5.74, 6) is 1.69. The molecule has 1 aliphatic heterocycles. The molecule has 118 valence electrons. The van der Waals surface area contributed by atoms with E-state index >= 15 is 0 Å². The number of nitrogens with two attached hydrogens (primary N) is 1. The first kappa shape index (κ1) is 16.3. The molecule has 0 radical (unpaired) electrons. The van der Waals surface area contributed by atoms with Crippen molar-refractivity contribution in [2.24, 2.45) is 11.7 Å². The highest BCUT2D eigenvalue weighted by molar-refractivity contribution is 5.26. The first-order valence-electron chi connectivity index (χ1n) is 7.95. The maximum Gasteiger partial charge on any atom is 0.119 e. The lowest BCUT2D eigenvalue weighted by Crippen LogP contribution is -2.36. The molecule has 0 unspecified atom stereocenters. The SMILES string of the molecule is COCC1CCN(CCCOc2ccc(CN)cc2)CC1. The van der Waals surface area contributed by atoms with Crippen LogP contribution in [0.1, 0.15) is 24.8 Å². The average molecular weight is 292 g/mol. The van der Waals surface area contributed by atoms with Gasteiger partial charge in [-0.15, -0.1) is 0 Å². The minimum Gasteiger partial charge on any atom is -0.494 e. The largest absolute Gasteiger partial charge is 0.494 e. The zero-order valence-electron chi connectivity index (χ0n) is 13.1. The summed E-state index contributed by atoms with van der Waals surface area (Å²) < 4.78 is 11.0. The smallest absolute Gasteiger partial charge is 0.119 e. The molecule has 2 N–H and O–H groups in total. The number of methoxy groups -OCH3 is 1. The van der Waals surface area contributed by atoms with Gasteiger partial charge in [-0.1, -0.05) is 12.1 Å². The van der Waals surface area contributed by atoms with Gasteiger partial charge in [0.25, 0.3) is 0 Å². The highest BCUT2D eigenvalue weighted by atomic mass is 16.5. The number of ether oxygens (including phenoxy) is 2. The van der Waals surface area contributed by atoms with Gasteiger partial charge in [-0.3, -0.25) is 0 Å². The highest BCUT2D eigenvalue weighted by Gasteiger charge is 2.18. The minimum atomic E-state index is 0.583. The fourth-order valence-electron chi connectivity index (χ4n) is 2.81. The molecule has 1 heterocycles. The van der Waals surface area contributed by atoms with Crippen molar-refractivity contribution in [2.75, 3.05) is 40.0 Å². The summed E-state index contributed by atoms with van der Waals surface area (Å²) in [5, 5.41) is 0. The second-order valence-corrected chi connectivity index (χ2v) is 5.79. The fraction of sp³-hybridized carbons (Fsp3) is 0.647. The maximum atomic E-state index is 5.77. The normalized spacial score (nSPS) is 17.0. The molecule has 0 bridgehead atoms. The van der Waals surface area contributed by atoms with E-state index in [1.165, 1.54) is 25.9 Å². The molecule has 0 aliphatic carbocycles. The molecule has 21 heavy (non-hydrogen) atoms. The van der Waals surface area contributed by atoms with Gasteiger partial charge in [0.15, 0.2) is 0 Å². The van der Waals surface area contributed by atoms with Crippen LogP contribution in [0.2, 0.25) is 0 Å². The Kier molecular flexibility index (Phi) is 7.00. The first-order valence-corrected chi connectivity index (χ1v) is 7.95. The molecule has 0 saturated carbocycles. The second-order valence-electron chi connectivity index (χ2n) is 5.79. The lowest BCUT2D eigenvalue weighted by atomic mass is 9.98. The second kappa shape index (κ2) is 9.03. The van der Waals surface area contributed by atoms with Crippen LogP contribution in [-0.4, -0.2) is 44.9 Å². The lowest BCUT2D eigenvalue weighted by molar-refractivity contribution is 0.0970. The predicted octanol–water partition coefficient (Wildman–Crippen LogP) is 2.27. The van der Waals surface area contributed by atoms with Gasteiger partial charge in [-0.05, 0) is 56.0 Å². The van der Waals surface area contributed by atoms with Gasteiger partial charge in [0, 0.05) is 26.8 Å². The van der Waals surface area contributed by atoms with Crippen molar-refractivity contribution in [1.82, 2.24) is 4.90 Å². The van der Waals surface area contributed by atoms with Crippen LogP contribution < -0.4 is 10.5 Å². The van der Waals surface area contributed by atoms with Crippen molar-refractivity contribution in [2.45, 2.75) is 25.8 Å². The van der Waals surface area contributed by atoms with Crippen LogP contribution in [0.5, 0.6) is 5.75 Å². The van der Waals surface area contributed by atoms with E-state index in [-0.39, 0.29) is 0 Å². The molecule has 4 heteroatoms. The quantitative estimate of drug-likeness (QED) is 0.747. The predicted molar refractivity (Wildman–Crippen MR) is 85.5 cm³/mol. The van der Waals surface area contributed by atoms with Gasteiger partial charge in [0.2, 0.25) is 0 Å². The van der Waals surface area contributed by atoms with E-state index in [1.54, 1.807) is 7.11 Å².